The lowest BCUT2D eigenvalue weighted by molar-refractivity contribution is -0.125. The fourth-order valence-corrected chi connectivity index (χ4v) is 2.28. The Bertz CT molecular complexity index is 688. The van der Waals surface area contributed by atoms with Crippen molar-refractivity contribution in [3.63, 3.8) is 0 Å². The van der Waals surface area contributed by atoms with Gasteiger partial charge >= 0.3 is 11.9 Å². The molecule has 2 rings (SSSR count). The molecule has 1 atom stereocenters. The number of carbonyl (C=O) groups is 3. The molecule has 1 aliphatic rings. The molecule has 126 valence electrons. The summed E-state index contributed by atoms with van der Waals surface area (Å²) in [5.41, 5.74) is -0.409. The number of nitrogens with one attached hydrogen (secondary N) is 1. The Hall–Kier alpha value is -2.88. The van der Waals surface area contributed by atoms with Gasteiger partial charge in [0.05, 0.1) is 24.3 Å². The fraction of sp³-hybridized carbons (Fsp3) is 0.412. The van der Waals surface area contributed by atoms with E-state index in [0.29, 0.717) is 5.56 Å². The van der Waals surface area contributed by atoms with Gasteiger partial charge in [-0.3, -0.25) is 4.79 Å². The van der Waals surface area contributed by atoms with Crippen molar-refractivity contribution < 1.29 is 23.9 Å². The van der Waals surface area contributed by atoms with Crippen LogP contribution in [-0.4, -0.2) is 37.1 Å². The molecule has 1 saturated carbocycles. The predicted octanol–water partition coefficient (Wildman–Crippen LogP) is 1.44. The Labute approximate surface area is 139 Å². The minimum Gasteiger partial charge on any atom is -0.465 e. The molecule has 7 nitrogen and oxygen atoms in total. The van der Waals surface area contributed by atoms with Crippen molar-refractivity contribution in [3.8, 4) is 6.07 Å². The summed E-state index contributed by atoms with van der Waals surface area (Å²) in [6, 6.07) is 7.79. The van der Waals surface area contributed by atoms with E-state index in [9.17, 15) is 19.6 Å². The van der Waals surface area contributed by atoms with Gasteiger partial charge in [-0.15, -0.1) is 0 Å². The molecule has 1 aromatic rings. The Balaban J connectivity index is 1.87. The highest BCUT2D eigenvalue weighted by Gasteiger charge is 2.43. The second-order valence-electron chi connectivity index (χ2n) is 5.78. The van der Waals surface area contributed by atoms with E-state index >= 15 is 0 Å². The van der Waals surface area contributed by atoms with Gasteiger partial charge in [0.2, 0.25) is 0 Å². The maximum absolute atomic E-state index is 11.9. The minimum absolute atomic E-state index is 0.146. The normalized spacial score (nSPS) is 15.5. The molecule has 7 heteroatoms. The van der Waals surface area contributed by atoms with Crippen molar-refractivity contribution in [2.45, 2.75) is 25.3 Å². The number of rotatable bonds is 6. The molecule has 1 aliphatic carbocycles. The van der Waals surface area contributed by atoms with E-state index in [1.807, 2.05) is 0 Å². The molecule has 0 unspecified atom stereocenters. The molecule has 1 aromatic carbocycles. The van der Waals surface area contributed by atoms with Crippen molar-refractivity contribution in [1.82, 2.24) is 5.32 Å². The summed E-state index contributed by atoms with van der Waals surface area (Å²) in [5, 5.41) is 11.8. The highest BCUT2D eigenvalue weighted by Crippen LogP contribution is 2.39. The molecule has 0 spiro atoms. The molecule has 0 aromatic heterocycles. The number of ether oxygens (including phenoxy) is 2. The summed E-state index contributed by atoms with van der Waals surface area (Å²) in [4.78, 5) is 35.1. The van der Waals surface area contributed by atoms with Crippen LogP contribution in [0.2, 0.25) is 0 Å². The maximum atomic E-state index is 11.9. The molecule has 0 heterocycles. The minimum atomic E-state index is -0.925. The summed E-state index contributed by atoms with van der Waals surface area (Å²) in [6.07, 6.45) is 1.80. The topological polar surface area (TPSA) is 105 Å². The lowest BCUT2D eigenvalue weighted by atomic mass is 9.98. The van der Waals surface area contributed by atoms with Gasteiger partial charge < -0.3 is 14.8 Å². The molecule has 0 radical (unpaired) electrons. The first kappa shape index (κ1) is 17.5. The molecule has 0 aliphatic heterocycles. The van der Waals surface area contributed by atoms with Crippen molar-refractivity contribution >= 4 is 17.8 Å². The van der Waals surface area contributed by atoms with Crippen LogP contribution < -0.4 is 5.32 Å². The first-order chi connectivity index (χ1) is 11.4. The first-order valence-corrected chi connectivity index (χ1v) is 7.47. The summed E-state index contributed by atoms with van der Waals surface area (Å²) in [5.74, 6) is -1.57. The second-order valence-corrected chi connectivity index (χ2v) is 5.78. The molecule has 0 bridgehead atoms. The SMILES string of the molecule is COC(=O)c1ccc(C(=O)OCC(=O)N[C@](C)(C#N)C2CC2)cc1. The van der Waals surface area contributed by atoms with Gasteiger partial charge in [0, 0.05) is 0 Å². The lowest BCUT2D eigenvalue weighted by Gasteiger charge is -2.22. The number of methoxy groups -OCH3 is 1. The number of nitriles is 1. The number of amides is 1. The highest BCUT2D eigenvalue weighted by atomic mass is 16.5. The molecule has 0 saturated heterocycles. The Morgan fingerprint density at radius 1 is 1.21 bits per heavy atom. The van der Waals surface area contributed by atoms with Crippen molar-refractivity contribution in [3.05, 3.63) is 35.4 Å². The van der Waals surface area contributed by atoms with E-state index in [2.05, 4.69) is 16.1 Å². The van der Waals surface area contributed by atoms with E-state index in [1.165, 1.54) is 31.4 Å². The number of hydrogen-bond donors (Lipinski definition) is 1. The molecular formula is C17H18N2O5. The molecular weight excluding hydrogens is 312 g/mol. The summed E-state index contributed by atoms with van der Waals surface area (Å²) in [7, 11) is 1.26. The van der Waals surface area contributed by atoms with Crippen LogP contribution in [0.25, 0.3) is 0 Å². The van der Waals surface area contributed by atoms with Crippen LogP contribution in [0, 0.1) is 17.2 Å². The number of nitrogens with zero attached hydrogens (tertiary/aromatic N) is 1. The van der Waals surface area contributed by atoms with Gasteiger partial charge in [0.15, 0.2) is 6.61 Å². The summed E-state index contributed by atoms with van der Waals surface area (Å²) < 4.78 is 9.49. The molecule has 1 amide bonds. The summed E-state index contributed by atoms with van der Waals surface area (Å²) in [6.45, 7) is 1.19. The van der Waals surface area contributed by atoms with Crippen LogP contribution in [0.15, 0.2) is 24.3 Å². The van der Waals surface area contributed by atoms with Crippen LogP contribution in [0.3, 0.4) is 0 Å². The third kappa shape index (κ3) is 4.10. The van der Waals surface area contributed by atoms with E-state index in [-0.39, 0.29) is 11.5 Å². The van der Waals surface area contributed by atoms with E-state index < -0.39 is 30.0 Å². The van der Waals surface area contributed by atoms with Gasteiger partial charge in [0.1, 0.15) is 5.54 Å². The zero-order valence-corrected chi connectivity index (χ0v) is 13.5. The van der Waals surface area contributed by atoms with Crippen LogP contribution in [-0.2, 0) is 14.3 Å². The first-order valence-electron chi connectivity index (χ1n) is 7.47. The van der Waals surface area contributed by atoms with Crippen LogP contribution in [0.1, 0.15) is 40.5 Å². The maximum Gasteiger partial charge on any atom is 0.338 e. The van der Waals surface area contributed by atoms with Gasteiger partial charge in [-0.25, -0.2) is 9.59 Å². The molecule has 1 N–H and O–H groups in total. The third-order valence-electron chi connectivity index (χ3n) is 3.90. The number of hydrogen-bond acceptors (Lipinski definition) is 6. The smallest absolute Gasteiger partial charge is 0.338 e. The average Bonchev–Trinajstić information content (AvgIpc) is 3.44. The van der Waals surface area contributed by atoms with Crippen LogP contribution >= 0.6 is 0 Å². The third-order valence-corrected chi connectivity index (χ3v) is 3.90. The van der Waals surface area contributed by atoms with Crippen molar-refractivity contribution in [1.29, 1.82) is 5.26 Å². The van der Waals surface area contributed by atoms with Crippen molar-refractivity contribution in [2.24, 2.45) is 5.92 Å². The van der Waals surface area contributed by atoms with Crippen LogP contribution in [0.4, 0.5) is 0 Å². The van der Waals surface area contributed by atoms with Gasteiger partial charge in [0.25, 0.3) is 5.91 Å². The van der Waals surface area contributed by atoms with Gasteiger partial charge in [-0.05, 0) is 49.9 Å². The van der Waals surface area contributed by atoms with E-state index in [4.69, 9.17) is 4.74 Å². The average molecular weight is 330 g/mol. The lowest BCUT2D eigenvalue weighted by Crippen LogP contribution is -2.48. The monoisotopic (exact) mass is 330 g/mol. The Morgan fingerprint density at radius 3 is 2.21 bits per heavy atom. The molecule has 1 fully saturated rings. The standard InChI is InChI=1S/C17H18N2O5/c1-17(10-18,13-7-8-13)19-14(20)9-24-16(22)12-5-3-11(4-6-12)15(21)23-2/h3-6,13H,7-9H2,1-2H3,(H,19,20)/t17-/m1/s1. The van der Waals surface area contributed by atoms with Gasteiger partial charge in [-0.1, -0.05) is 0 Å². The van der Waals surface area contributed by atoms with Gasteiger partial charge in [-0.2, -0.15) is 5.26 Å². The zero-order chi connectivity index (χ0) is 17.7. The Kier molecular flexibility index (Phi) is 5.19. The quantitative estimate of drug-likeness (QED) is 0.791. The zero-order valence-electron chi connectivity index (χ0n) is 13.5. The highest BCUT2D eigenvalue weighted by molar-refractivity contribution is 5.94. The largest absolute Gasteiger partial charge is 0.465 e. The predicted molar refractivity (Wildman–Crippen MR) is 82.9 cm³/mol. The summed E-state index contributed by atoms with van der Waals surface area (Å²) >= 11 is 0. The number of carbonyl (C=O) groups excluding carboxylic acids is 3. The van der Waals surface area contributed by atoms with Crippen molar-refractivity contribution in [2.75, 3.05) is 13.7 Å². The molecule has 24 heavy (non-hydrogen) atoms. The number of benzene rings is 1. The Morgan fingerprint density at radius 2 is 1.75 bits per heavy atom. The number of esters is 2. The van der Waals surface area contributed by atoms with Crippen LogP contribution in [0.5, 0.6) is 0 Å². The second kappa shape index (κ2) is 7.13. The van der Waals surface area contributed by atoms with E-state index in [0.717, 1.165) is 12.8 Å². The fourth-order valence-electron chi connectivity index (χ4n) is 2.28. The van der Waals surface area contributed by atoms with E-state index in [1.54, 1.807) is 6.92 Å².